The topological polar surface area (TPSA) is 54.0 Å². The molecule has 1 aromatic heterocycles. The standard InChI is InChI=1S/C15H17N3OS/c1-10-14(20-9-18-10)8-17-15(19)13-6-11-4-2-3-5-12(11)7-16-13/h2-5,9,13,16H,6-8H2,1H3,(H,17,19)/t13-/m0/s1. The van der Waals surface area contributed by atoms with Crippen LogP contribution in [0.1, 0.15) is 21.7 Å². The Morgan fingerprint density at radius 1 is 1.45 bits per heavy atom. The summed E-state index contributed by atoms with van der Waals surface area (Å²) in [5.41, 5.74) is 5.36. The van der Waals surface area contributed by atoms with E-state index in [2.05, 4.69) is 27.8 Å². The van der Waals surface area contributed by atoms with Crippen molar-refractivity contribution in [2.75, 3.05) is 0 Å². The third kappa shape index (κ3) is 2.73. The molecule has 0 aliphatic carbocycles. The molecule has 0 saturated heterocycles. The van der Waals surface area contributed by atoms with Crippen molar-refractivity contribution in [2.24, 2.45) is 0 Å². The minimum Gasteiger partial charge on any atom is -0.350 e. The quantitative estimate of drug-likeness (QED) is 0.905. The lowest BCUT2D eigenvalue weighted by Crippen LogP contribution is -2.47. The Bertz CT molecular complexity index is 623. The van der Waals surface area contributed by atoms with Gasteiger partial charge < -0.3 is 10.6 Å². The van der Waals surface area contributed by atoms with Gasteiger partial charge in [0.15, 0.2) is 0 Å². The van der Waals surface area contributed by atoms with Crippen LogP contribution >= 0.6 is 11.3 Å². The fourth-order valence-electron chi connectivity index (χ4n) is 2.43. The Morgan fingerprint density at radius 2 is 2.25 bits per heavy atom. The normalized spacial score (nSPS) is 17.6. The first-order valence-electron chi connectivity index (χ1n) is 6.71. The molecule has 2 heterocycles. The molecule has 104 valence electrons. The van der Waals surface area contributed by atoms with E-state index in [1.54, 1.807) is 11.3 Å². The van der Waals surface area contributed by atoms with Crippen LogP contribution in [0.15, 0.2) is 29.8 Å². The number of thiazole rings is 1. The van der Waals surface area contributed by atoms with E-state index in [-0.39, 0.29) is 11.9 Å². The van der Waals surface area contributed by atoms with E-state index in [4.69, 9.17) is 0 Å². The Morgan fingerprint density at radius 3 is 3.00 bits per heavy atom. The van der Waals surface area contributed by atoms with Crippen molar-refractivity contribution in [3.63, 3.8) is 0 Å². The summed E-state index contributed by atoms with van der Waals surface area (Å²) >= 11 is 1.58. The first-order chi connectivity index (χ1) is 9.74. The molecule has 0 unspecified atom stereocenters. The monoisotopic (exact) mass is 287 g/mol. The summed E-state index contributed by atoms with van der Waals surface area (Å²) in [4.78, 5) is 17.5. The number of carbonyl (C=O) groups excluding carboxylic acids is 1. The summed E-state index contributed by atoms with van der Waals surface area (Å²) in [5, 5.41) is 6.29. The van der Waals surface area contributed by atoms with Gasteiger partial charge in [0.05, 0.1) is 23.8 Å². The zero-order chi connectivity index (χ0) is 13.9. The van der Waals surface area contributed by atoms with E-state index in [0.29, 0.717) is 6.54 Å². The van der Waals surface area contributed by atoms with Gasteiger partial charge in [0.2, 0.25) is 5.91 Å². The van der Waals surface area contributed by atoms with E-state index in [1.165, 1.54) is 11.1 Å². The number of rotatable bonds is 3. The highest BCUT2D eigenvalue weighted by Crippen LogP contribution is 2.17. The van der Waals surface area contributed by atoms with Gasteiger partial charge in [-0.2, -0.15) is 0 Å². The van der Waals surface area contributed by atoms with Crippen LogP contribution in [0.4, 0.5) is 0 Å². The molecule has 0 bridgehead atoms. The average molecular weight is 287 g/mol. The molecule has 1 aromatic carbocycles. The fraction of sp³-hybridized carbons (Fsp3) is 0.333. The van der Waals surface area contributed by atoms with Gasteiger partial charge in [-0.1, -0.05) is 24.3 Å². The van der Waals surface area contributed by atoms with Crippen molar-refractivity contribution in [1.82, 2.24) is 15.6 Å². The minimum atomic E-state index is -0.141. The smallest absolute Gasteiger partial charge is 0.237 e. The number of hydrogen-bond acceptors (Lipinski definition) is 4. The largest absolute Gasteiger partial charge is 0.350 e. The zero-order valence-electron chi connectivity index (χ0n) is 11.3. The van der Waals surface area contributed by atoms with E-state index in [9.17, 15) is 4.79 Å². The number of fused-ring (bicyclic) bond motifs is 1. The first kappa shape index (κ1) is 13.3. The van der Waals surface area contributed by atoms with Crippen LogP contribution in [-0.2, 0) is 24.3 Å². The lowest BCUT2D eigenvalue weighted by molar-refractivity contribution is -0.123. The molecule has 1 atom stereocenters. The summed E-state index contributed by atoms with van der Waals surface area (Å²) in [6.45, 7) is 3.29. The van der Waals surface area contributed by atoms with Crippen molar-refractivity contribution in [1.29, 1.82) is 0 Å². The molecular formula is C15H17N3OS. The molecule has 0 fully saturated rings. The van der Waals surface area contributed by atoms with E-state index in [1.807, 2.05) is 24.6 Å². The summed E-state index contributed by atoms with van der Waals surface area (Å²) in [7, 11) is 0. The van der Waals surface area contributed by atoms with Gasteiger partial charge in [0.25, 0.3) is 0 Å². The van der Waals surface area contributed by atoms with Crippen molar-refractivity contribution >= 4 is 17.2 Å². The maximum absolute atomic E-state index is 12.2. The van der Waals surface area contributed by atoms with Crippen molar-refractivity contribution < 1.29 is 4.79 Å². The molecule has 2 N–H and O–H groups in total. The summed E-state index contributed by atoms with van der Waals surface area (Å²) in [6.07, 6.45) is 0.754. The van der Waals surface area contributed by atoms with E-state index >= 15 is 0 Å². The number of aryl methyl sites for hydroxylation is 1. The molecule has 0 spiro atoms. The average Bonchev–Trinajstić information content (AvgIpc) is 2.89. The van der Waals surface area contributed by atoms with Gasteiger partial charge in [0.1, 0.15) is 0 Å². The van der Waals surface area contributed by atoms with Crippen LogP contribution in [0.25, 0.3) is 0 Å². The molecule has 0 saturated carbocycles. The van der Waals surface area contributed by atoms with Crippen LogP contribution in [-0.4, -0.2) is 16.9 Å². The molecule has 20 heavy (non-hydrogen) atoms. The highest BCUT2D eigenvalue weighted by atomic mass is 32.1. The van der Waals surface area contributed by atoms with E-state index in [0.717, 1.165) is 23.5 Å². The number of hydrogen-bond donors (Lipinski definition) is 2. The summed E-state index contributed by atoms with van der Waals surface area (Å²) in [6, 6.07) is 8.13. The lowest BCUT2D eigenvalue weighted by Gasteiger charge is -2.25. The maximum atomic E-state index is 12.2. The lowest BCUT2D eigenvalue weighted by atomic mass is 9.95. The molecule has 3 rings (SSSR count). The van der Waals surface area contributed by atoms with Crippen LogP contribution in [0, 0.1) is 6.92 Å². The SMILES string of the molecule is Cc1ncsc1CNC(=O)[C@@H]1Cc2ccccc2CN1. The highest BCUT2D eigenvalue weighted by Gasteiger charge is 2.23. The molecule has 2 aromatic rings. The summed E-state index contributed by atoms with van der Waals surface area (Å²) in [5.74, 6) is 0.0623. The fourth-order valence-corrected chi connectivity index (χ4v) is 3.14. The van der Waals surface area contributed by atoms with Crippen molar-refractivity contribution in [2.45, 2.75) is 32.5 Å². The number of nitrogens with one attached hydrogen (secondary N) is 2. The van der Waals surface area contributed by atoms with Gasteiger partial charge in [-0.05, 0) is 24.5 Å². The van der Waals surface area contributed by atoms with Crippen LogP contribution in [0.2, 0.25) is 0 Å². The van der Waals surface area contributed by atoms with Gasteiger partial charge >= 0.3 is 0 Å². The maximum Gasteiger partial charge on any atom is 0.237 e. The van der Waals surface area contributed by atoms with Crippen molar-refractivity contribution in [3.05, 3.63) is 51.5 Å². The highest BCUT2D eigenvalue weighted by molar-refractivity contribution is 7.09. The zero-order valence-corrected chi connectivity index (χ0v) is 12.2. The van der Waals surface area contributed by atoms with Gasteiger partial charge in [0, 0.05) is 11.4 Å². The van der Waals surface area contributed by atoms with Crippen LogP contribution < -0.4 is 10.6 Å². The molecule has 4 nitrogen and oxygen atoms in total. The molecular weight excluding hydrogens is 270 g/mol. The Hall–Kier alpha value is -1.72. The Labute approximate surface area is 122 Å². The third-order valence-corrected chi connectivity index (χ3v) is 4.60. The van der Waals surface area contributed by atoms with Gasteiger partial charge in [-0.25, -0.2) is 4.98 Å². The second kappa shape index (κ2) is 5.73. The molecule has 1 amide bonds. The second-order valence-electron chi connectivity index (χ2n) is 4.99. The first-order valence-corrected chi connectivity index (χ1v) is 7.59. The van der Waals surface area contributed by atoms with Gasteiger partial charge in [-0.3, -0.25) is 4.79 Å². The predicted molar refractivity (Wildman–Crippen MR) is 79.5 cm³/mol. The second-order valence-corrected chi connectivity index (χ2v) is 5.92. The number of aromatic nitrogens is 1. The molecule has 5 heteroatoms. The third-order valence-electron chi connectivity index (χ3n) is 3.67. The Kier molecular flexibility index (Phi) is 3.80. The van der Waals surface area contributed by atoms with Crippen molar-refractivity contribution in [3.8, 4) is 0 Å². The predicted octanol–water partition coefficient (Wildman–Crippen LogP) is 1.78. The molecule has 1 aliphatic rings. The minimum absolute atomic E-state index is 0.0623. The number of nitrogens with zero attached hydrogens (tertiary/aromatic N) is 1. The Balaban J connectivity index is 1.60. The van der Waals surface area contributed by atoms with Crippen LogP contribution in [0.5, 0.6) is 0 Å². The number of amides is 1. The van der Waals surface area contributed by atoms with E-state index < -0.39 is 0 Å². The molecule has 1 aliphatic heterocycles. The van der Waals surface area contributed by atoms with Gasteiger partial charge in [-0.15, -0.1) is 11.3 Å². The summed E-state index contributed by atoms with van der Waals surface area (Å²) < 4.78 is 0. The molecule has 0 radical (unpaired) electrons. The number of carbonyl (C=O) groups is 1. The van der Waals surface area contributed by atoms with Crippen LogP contribution in [0.3, 0.4) is 0 Å². The number of benzene rings is 1.